The summed E-state index contributed by atoms with van der Waals surface area (Å²) in [4.78, 5) is 65.5. The Morgan fingerprint density at radius 1 is 0.621 bits per heavy atom. The summed E-state index contributed by atoms with van der Waals surface area (Å²) in [5.74, 6) is -11.2. The fourth-order valence-electron chi connectivity index (χ4n) is 1.60. The molecule has 0 aromatic heterocycles. The average Bonchev–Trinajstić information content (AvgIpc) is 2.34. The van der Waals surface area contributed by atoms with Crippen molar-refractivity contribution in [2.75, 3.05) is 0 Å². The Morgan fingerprint density at radius 2 is 0.862 bits per heavy atom. The fourth-order valence-corrected chi connectivity index (χ4v) is 1.60. The predicted octanol–water partition coefficient (Wildman–Crippen LogP) is -7.94. The molecule has 0 aliphatic heterocycles. The number of aliphatic carboxylic acids is 4. The van der Waals surface area contributed by atoms with Gasteiger partial charge >= 0.3 is 65.4 Å². The van der Waals surface area contributed by atoms with Crippen LogP contribution >= 0.6 is 0 Å². The van der Waals surface area contributed by atoms with Gasteiger partial charge in [0.2, 0.25) is 0 Å². The molecule has 0 aromatic carbocycles. The van der Waals surface area contributed by atoms with E-state index in [9.17, 15) is 39.0 Å². The molecule has 0 saturated carbocycles. The first-order valence-corrected chi connectivity index (χ1v) is 6.30. The van der Waals surface area contributed by atoms with Crippen molar-refractivity contribution in [2.24, 2.45) is 0 Å². The van der Waals surface area contributed by atoms with E-state index < -0.39 is 72.7 Å². The van der Waals surface area contributed by atoms with Crippen LogP contribution in [0.1, 0.15) is 27.1 Å². The first-order chi connectivity index (χ1) is 11.2. The molecule has 0 saturated heterocycles. The molecule has 16 nitrogen and oxygen atoms in total. The van der Waals surface area contributed by atoms with E-state index in [0.717, 1.165) is 0 Å². The predicted molar refractivity (Wildman–Crippen MR) is 82.0 cm³/mol. The van der Waals surface area contributed by atoms with Gasteiger partial charge in [0, 0.05) is 0 Å². The van der Waals surface area contributed by atoms with E-state index in [0.29, 0.717) is 0 Å². The Hall–Kier alpha value is -2.18. The summed E-state index contributed by atoms with van der Waals surface area (Å²) < 4.78 is 3.99. The minimum absolute atomic E-state index is 0. The number of ether oxygens (including phenoxy) is 1. The van der Waals surface area contributed by atoms with Crippen molar-refractivity contribution in [1.82, 2.24) is 0 Å². The van der Waals surface area contributed by atoms with Gasteiger partial charge in [-0.05, 0) is 0 Å². The normalized spacial score (nSPS) is 13.2. The second kappa shape index (κ2) is 14.8. The Morgan fingerprint density at radius 3 is 1.03 bits per heavy atom. The number of carbonyl (C=O) groups is 6. The summed E-state index contributed by atoms with van der Waals surface area (Å²) in [6.07, 6.45) is -5.73. The number of aliphatic hydroxyl groups is 2. The fraction of sp³-hybridized carbons (Fsp3) is 0.500. The van der Waals surface area contributed by atoms with Crippen molar-refractivity contribution in [3.05, 3.63) is 0 Å². The molecule has 0 aliphatic carbocycles. The largest absolute Gasteiger partial charge is 1.00 e. The van der Waals surface area contributed by atoms with Crippen LogP contribution in [0.5, 0.6) is 0 Å². The molecule has 29 heavy (non-hydrogen) atoms. The van der Waals surface area contributed by atoms with Gasteiger partial charge in [-0.25, -0.2) is 9.59 Å². The Labute approximate surface area is 184 Å². The first kappa shape index (κ1) is 37.6. The molecule has 0 bridgehead atoms. The summed E-state index contributed by atoms with van der Waals surface area (Å²) in [5.41, 5.74) is -6.18. The molecule has 0 spiro atoms. The Balaban J connectivity index is -0.000000288. The maximum absolute atomic E-state index is 11.4. The molecule has 0 heterocycles. The second-order valence-corrected chi connectivity index (χ2v) is 5.01. The van der Waals surface area contributed by atoms with Gasteiger partial charge in [0.25, 0.3) is 0 Å². The van der Waals surface area contributed by atoms with Gasteiger partial charge in [-0.1, -0.05) is 0 Å². The van der Waals surface area contributed by atoms with E-state index in [1.54, 1.807) is 0 Å². The zero-order chi connectivity index (χ0) is 20.0. The van der Waals surface area contributed by atoms with Crippen molar-refractivity contribution in [3.63, 3.8) is 0 Å². The van der Waals surface area contributed by atoms with Gasteiger partial charge in [-0.15, -0.1) is 0 Å². The van der Waals surface area contributed by atoms with Crippen molar-refractivity contribution in [3.8, 4) is 0 Å². The third-order valence-electron chi connectivity index (χ3n) is 2.78. The quantitative estimate of drug-likeness (QED) is 0.104. The first-order valence-electron chi connectivity index (χ1n) is 6.30. The van der Waals surface area contributed by atoms with Gasteiger partial charge in [0.1, 0.15) is 0 Å². The van der Waals surface area contributed by atoms with Crippen LogP contribution in [-0.2, 0) is 33.5 Å². The molecule has 17 heteroatoms. The van der Waals surface area contributed by atoms with Crippen LogP contribution in [0.3, 0.4) is 0 Å². The van der Waals surface area contributed by atoms with Crippen LogP contribution in [0.15, 0.2) is 0 Å². The topological polar surface area (TPSA) is 328 Å². The smallest absolute Gasteiger partial charge is 1.00 e. The summed E-state index contributed by atoms with van der Waals surface area (Å²) in [6.45, 7) is 0. The van der Waals surface area contributed by atoms with E-state index in [4.69, 9.17) is 20.4 Å². The van der Waals surface area contributed by atoms with Crippen LogP contribution < -0.4 is 29.6 Å². The monoisotopic (exact) mass is 444 g/mol. The van der Waals surface area contributed by atoms with E-state index in [2.05, 4.69) is 4.74 Å². The Kier molecular flexibility index (Phi) is 19.1. The molecule has 0 aliphatic rings. The molecular formula is C12H21NaO16. The second-order valence-electron chi connectivity index (χ2n) is 5.01. The number of hydrogen-bond donors (Lipinski definition) is 6. The summed E-state index contributed by atoms with van der Waals surface area (Å²) in [7, 11) is 0. The number of hydrogen-bond acceptors (Lipinski definition) is 9. The van der Waals surface area contributed by atoms with Crippen molar-refractivity contribution in [1.29, 1.82) is 0 Å². The number of carboxylic acids is 4. The third-order valence-corrected chi connectivity index (χ3v) is 2.78. The minimum Gasteiger partial charge on any atom is -1.00 e. The summed E-state index contributed by atoms with van der Waals surface area (Å²) >= 11 is 0. The van der Waals surface area contributed by atoms with E-state index in [1.807, 2.05) is 0 Å². The molecule has 0 rings (SSSR count). The molecule has 0 amide bonds. The zero-order valence-corrected chi connectivity index (χ0v) is 16.9. The van der Waals surface area contributed by atoms with Gasteiger partial charge < -0.3 is 53.2 Å². The number of esters is 2. The van der Waals surface area contributed by atoms with E-state index in [-0.39, 0.29) is 47.4 Å². The van der Waals surface area contributed by atoms with Gasteiger partial charge in [-0.2, -0.15) is 0 Å². The van der Waals surface area contributed by atoms with Crippen LogP contribution in [-0.4, -0.2) is 94.1 Å². The number of carbonyl (C=O) groups excluding carboxylic acids is 2. The molecule has 0 fully saturated rings. The number of carboxylic acid groups (broad SMARTS) is 4. The van der Waals surface area contributed by atoms with Gasteiger partial charge in [0.05, 0.1) is 25.7 Å². The van der Waals surface area contributed by atoms with Crippen LogP contribution in [0.25, 0.3) is 0 Å². The number of rotatable bonds is 10. The maximum Gasteiger partial charge on any atom is 1.00 e. The van der Waals surface area contributed by atoms with Crippen LogP contribution in [0.4, 0.5) is 0 Å². The standard InChI is InChI=1S/C12H14O13.Na.3H2O.H/c13-5(14)1-11(23,9(19)20)3-7(17)25-8(18)4-12(24,10(21)22)2-6(15)16;;;;;/h23-24H,1-4H2,(H,13,14)(H,15,16)(H,19,20)(H,21,22);;3*1H2;/q;+1;;;;-1. The average molecular weight is 444 g/mol. The molecule has 2 atom stereocenters. The SMILES string of the molecule is O.O.O.O=C(O)CC(O)(CC(=O)OC(=O)CC(O)(CC(=O)O)C(=O)O)C(=O)O.[H-].[Na+]. The van der Waals surface area contributed by atoms with E-state index in [1.165, 1.54) is 0 Å². The summed E-state index contributed by atoms with van der Waals surface area (Å²) in [6, 6.07) is 0. The van der Waals surface area contributed by atoms with Crippen molar-refractivity contribution >= 4 is 35.8 Å². The molecule has 0 radical (unpaired) electrons. The van der Waals surface area contributed by atoms with E-state index >= 15 is 0 Å². The maximum atomic E-state index is 11.4. The zero-order valence-electron chi connectivity index (χ0n) is 15.9. The van der Waals surface area contributed by atoms with Crippen LogP contribution in [0.2, 0.25) is 0 Å². The van der Waals surface area contributed by atoms with Gasteiger partial charge in [0.15, 0.2) is 11.2 Å². The van der Waals surface area contributed by atoms with Crippen LogP contribution in [0, 0.1) is 0 Å². The minimum atomic E-state index is -3.09. The van der Waals surface area contributed by atoms with Crippen molar-refractivity contribution < 1.29 is 112 Å². The third kappa shape index (κ3) is 12.8. The molecular weight excluding hydrogens is 423 g/mol. The summed E-state index contributed by atoms with van der Waals surface area (Å²) in [5, 5.41) is 53.6. The molecule has 2 unspecified atom stereocenters. The molecule has 166 valence electrons. The van der Waals surface area contributed by atoms with Gasteiger partial charge in [-0.3, -0.25) is 19.2 Å². The van der Waals surface area contributed by atoms with Crippen molar-refractivity contribution in [2.45, 2.75) is 36.9 Å². The Bertz CT molecular complexity index is 571. The molecule has 0 aromatic rings. The molecule has 12 N–H and O–H groups in total.